The van der Waals surface area contributed by atoms with Gasteiger partial charge in [0.25, 0.3) is 0 Å². The standard InChI is InChI=1S/C25H24N2S/c1-24(2)25(26(3)23(28)27(24)17-18-11-5-4-6-12-18)21-15-9-7-13-19(21)20-14-8-10-16-22(20)25/h4-16H,17H2,1-3H3. The zero-order valence-electron chi connectivity index (χ0n) is 16.5. The molecule has 28 heavy (non-hydrogen) atoms. The van der Waals surface area contributed by atoms with Crippen LogP contribution in [0.25, 0.3) is 11.1 Å². The molecule has 0 aromatic heterocycles. The Morgan fingerprint density at radius 1 is 0.750 bits per heavy atom. The van der Waals surface area contributed by atoms with Crippen LogP contribution in [0.2, 0.25) is 0 Å². The van der Waals surface area contributed by atoms with Gasteiger partial charge in [-0.3, -0.25) is 0 Å². The van der Waals surface area contributed by atoms with E-state index in [9.17, 15) is 0 Å². The molecular formula is C25H24N2S. The number of fused-ring (bicyclic) bond motifs is 5. The monoisotopic (exact) mass is 384 g/mol. The van der Waals surface area contributed by atoms with Gasteiger partial charge >= 0.3 is 0 Å². The lowest BCUT2D eigenvalue weighted by Gasteiger charge is -2.45. The third-order valence-corrected chi connectivity index (χ3v) is 7.18. The second kappa shape index (κ2) is 5.92. The number of hydrogen-bond acceptors (Lipinski definition) is 1. The molecule has 0 amide bonds. The Labute approximate surface area is 172 Å². The number of nitrogens with zero attached hydrogens (tertiary/aromatic N) is 2. The first-order valence-electron chi connectivity index (χ1n) is 9.78. The first-order valence-corrected chi connectivity index (χ1v) is 10.2. The molecule has 1 fully saturated rings. The van der Waals surface area contributed by atoms with Gasteiger partial charge < -0.3 is 9.80 Å². The van der Waals surface area contributed by atoms with Gasteiger partial charge in [0.15, 0.2) is 5.11 Å². The molecule has 2 nitrogen and oxygen atoms in total. The minimum Gasteiger partial charge on any atom is -0.337 e. The van der Waals surface area contributed by atoms with Gasteiger partial charge in [-0.05, 0) is 53.9 Å². The van der Waals surface area contributed by atoms with Gasteiger partial charge in [-0.25, -0.2) is 0 Å². The van der Waals surface area contributed by atoms with Gasteiger partial charge in [0.1, 0.15) is 5.54 Å². The molecule has 0 radical (unpaired) electrons. The van der Waals surface area contributed by atoms with Crippen molar-refractivity contribution < 1.29 is 0 Å². The molecular weight excluding hydrogens is 360 g/mol. The van der Waals surface area contributed by atoms with Crippen molar-refractivity contribution in [1.29, 1.82) is 0 Å². The van der Waals surface area contributed by atoms with Gasteiger partial charge in [-0.15, -0.1) is 0 Å². The number of benzene rings is 3. The second-order valence-electron chi connectivity index (χ2n) is 8.27. The topological polar surface area (TPSA) is 6.48 Å². The van der Waals surface area contributed by atoms with Crippen molar-refractivity contribution in [3.05, 3.63) is 95.6 Å². The fourth-order valence-corrected chi connectivity index (χ4v) is 5.86. The maximum Gasteiger partial charge on any atom is 0.173 e. The zero-order chi connectivity index (χ0) is 19.5. The number of likely N-dealkylation sites (N-methyl/N-ethyl adjacent to an activating group) is 1. The Morgan fingerprint density at radius 2 is 1.25 bits per heavy atom. The van der Waals surface area contributed by atoms with Crippen molar-refractivity contribution in [2.75, 3.05) is 7.05 Å². The van der Waals surface area contributed by atoms with E-state index < -0.39 is 0 Å². The Bertz CT molecular complexity index is 1030. The molecule has 1 heterocycles. The molecule has 2 aliphatic rings. The van der Waals surface area contributed by atoms with Crippen molar-refractivity contribution in [3.63, 3.8) is 0 Å². The van der Waals surface area contributed by atoms with Crippen LogP contribution in [0.3, 0.4) is 0 Å². The van der Waals surface area contributed by atoms with Crippen LogP contribution >= 0.6 is 12.2 Å². The lowest BCUT2D eigenvalue weighted by atomic mass is 9.72. The molecule has 140 valence electrons. The molecule has 1 spiro atoms. The first kappa shape index (κ1) is 17.4. The van der Waals surface area contributed by atoms with Gasteiger partial charge in [-0.1, -0.05) is 78.9 Å². The largest absolute Gasteiger partial charge is 0.337 e. The van der Waals surface area contributed by atoms with Gasteiger partial charge in [-0.2, -0.15) is 0 Å². The van der Waals surface area contributed by atoms with E-state index in [1.165, 1.54) is 27.8 Å². The SMILES string of the molecule is CN1C(=S)N(Cc2ccccc2)C(C)(C)C12c1ccccc1-c1ccccc12. The summed E-state index contributed by atoms with van der Waals surface area (Å²) in [4.78, 5) is 4.73. The van der Waals surface area contributed by atoms with E-state index in [1.807, 2.05) is 0 Å². The molecule has 0 N–H and O–H groups in total. The summed E-state index contributed by atoms with van der Waals surface area (Å²) in [5, 5.41) is 0.903. The van der Waals surface area contributed by atoms with E-state index in [2.05, 4.69) is 110 Å². The van der Waals surface area contributed by atoms with Crippen LogP contribution in [0.15, 0.2) is 78.9 Å². The lowest BCUT2D eigenvalue weighted by molar-refractivity contribution is 0.121. The smallest absolute Gasteiger partial charge is 0.173 e. The molecule has 0 saturated carbocycles. The van der Waals surface area contributed by atoms with Crippen molar-refractivity contribution in [2.45, 2.75) is 31.5 Å². The molecule has 3 aromatic carbocycles. The number of thiocarbonyl (C=S) groups is 1. The predicted molar refractivity (Wildman–Crippen MR) is 119 cm³/mol. The average molecular weight is 385 g/mol. The average Bonchev–Trinajstić information content (AvgIpc) is 3.10. The maximum atomic E-state index is 6.03. The van der Waals surface area contributed by atoms with Gasteiger partial charge in [0, 0.05) is 13.6 Å². The minimum atomic E-state index is -0.300. The minimum absolute atomic E-state index is 0.211. The molecule has 3 aromatic rings. The molecule has 0 unspecified atom stereocenters. The third-order valence-electron chi connectivity index (χ3n) is 6.69. The first-order chi connectivity index (χ1) is 13.5. The van der Waals surface area contributed by atoms with Crippen LogP contribution < -0.4 is 0 Å². The summed E-state index contributed by atoms with van der Waals surface area (Å²) in [6, 6.07) is 28.2. The summed E-state index contributed by atoms with van der Waals surface area (Å²) in [5.41, 5.74) is 6.11. The normalized spacial score (nSPS) is 18.5. The highest BCUT2D eigenvalue weighted by atomic mass is 32.1. The lowest BCUT2D eigenvalue weighted by Crippen LogP contribution is -2.54. The van der Waals surface area contributed by atoms with Crippen molar-refractivity contribution >= 4 is 17.3 Å². The van der Waals surface area contributed by atoms with Gasteiger partial charge in [0.05, 0.1) is 5.54 Å². The quantitative estimate of drug-likeness (QED) is 0.545. The summed E-state index contributed by atoms with van der Waals surface area (Å²) >= 11 is 6.03. The van der Waals surface area contributed by atoms with E-state index in [0.29, 0.717) is 0 Å². The highest BCUT2D eigenvalue weighted by Crippen LogP contribution is 2.60. The number of rotatable bonds is 2. The highest BCUT2D eigenvalue weighted by molar-refractivity contribution is 7.80. The van der Waals surface area contributed by atoms with Crippen molar-refractivity contribution in [2.24, 2.45) is 0 Å². The summed E-state index contributed by atoms with van der Waals surface area (Å²) in [6.45, 7) is 5.48. The van der Waals surface area contributed by atoms with Crippen molar-refractivity contribution in [1.82, 2.24) is 9.80 Å². The van der Waals surface area contributed by atoms with Crippen LogP contribution in [-0.2, 0) is 12.1 Å². The fourth-order valence-electron chi connectivity index (χ4n) is 5.43. The third kappa shape index (κ3) is 2.00. The van der Waals surface area contributed by atoms with Crippen LogP contribution in [0.1, 0.15) is 30.5 Å². The van der Waals surface area contributed by atoms with E-state index in [0.717, 1.165) is 11.7 Å². The van der Waals surface area contributed by atoms with E-state index in [1.54, 1.807) is 0 Å². The maximum absolute atomic E-state index is 6.03. The Balaban J connectivity index is 1.75. The van der Waals surface area contributed by atoms with Crippen molar-refractivity contribution in [3.8, 4) is 11.1 Å². The molecule has 1 aliphatic carbocycles. The molecule has 0 bridgehead atoms. The van der Waals surface area contributed by atoms with E-state index in [-0.39, 0.29) is 11.1 Å². The van der Waals surface area contributed by atoms with E-state index in [4.69, 9.17) is 12.2 Å². The molecule has 1 aliphatic heterocycles. The van der Waals surface area contributed by atoms with Crippen LogP contribution in [0, 0.1) is 0 Å². The summed E-state index contributed by atoms with van der Waals surface area (Å²) in [5.74, 6) is 0. The number of hydrogen-bond donors (Lipinski definition) is 0. The Kier molecular flexibility index (Phi) is 3.69. The summed E-state index contributed by atoms with van der Waals surface area (Å²) in [6.07, 6.45) is 0. The van der Waals surface area contributed by atoms with Gasteiger partial charge in [0.2, 0.25) is 0 Å². The predicted octanol–water partition coefficient (Wildman–Crippen LogP) is 5.42. The van der Waals surface area contributed by atoms with E-state index >= 15 is 0 Å². The molecule has 3 heteroatoms. The molecule has 0 atom stereocenters. The Morgan fingerprint density at radius 3 is 1.82 bits per heavy atom. The summed E-state index contributed by atoms with van der Waals surface area (Å²) in [7, 11) is 2.16. The second-order valence-corrected chi connectivity index (χ2v) is 8.64. The fraction of sp³-hybridized carbons (Fsp3) is 0.240. The molecule has 5 rings (SSSR count). The summed E-state index contributed by atoms with van der Waals surface area (Å²) < 4.78 is 0. The zero-order valence-corrected chi connectivity index (χ0v) is 17.3. The highest BCUT2D eigenvalue weighted by Gasteiger charge is 2.64. The molecule has 1 saturated heterocycles. The van der Waals surface area contributed by atoms with Crippen LogP contribution in [0.4, 0.5) is 0 Å². The van der Waals surface area contributed by atoms with Crippen LogP contribution in [0.5, 0.6) is 0 Å². The Hall–Kier alpha value is -2.65. The van der Waals surface area contributed by atoms with Crippen LogP contribution in [-0.4, -0.2) is 27.5 Å².